The van der Waals surface area contributed by atoms with Gasteiger partial charge in [0.1, 0.15) is 5.82 Å². The summed E-state index contributed by atoms with van der Waals surface area (Å²) in [5.74, 6) is 0.0164. The Hall–Kier alpha value is -2.44. The minimum atomic E-state index is -0.273. The second-order valence-electron chi connectivity index (χ2n) is 3.37. The van der Waals surface area contributed by atoms with Gasteiger partial charge in [-0.25, -0.2) is 0 Å². The van der Waals surface area contributed by atoms with E-state index >= 15 is 0 Å². The van der Waals surface area contributed by atoms with E-state index in [-0.39, 0.29) is 17.4 Å². The summed E-state index contributed by atoms with van der Waals surface area (Å²) < 4.78 is 1.73. The van der Waals surface area contributed by atoms with E-state index in [9.17, 15) is 4.79 Å². The fraction of sp³-hybridized carbons (Fsp3) is 0.200. The Labute approximate surface area is 97.6 Å². The Kier molecular flexibility index (Phi) is 3.29. The summed E-state index contributed by atoms with van der Waals surface area (Å²) in [4.78, 5) is 11.6. The molecule has 7 heteroatoms. The first kappa shape index (κ1) is 11.1. The molecule has 0 unspecified atom stereocenters. The first-order chi connectivity index (χ1) is 8.25. The average molecular weight is 232 g/mol. The van der Waals surface area contributed by atoms with Crippen LogP contribution in [-0.2, 0) is 6.54 Å². The number of nitrogen functional groups attached to an aromatic ring is 1. The Morgan fingerprint density at radius 3 is 2.94 bits per heavy atom. The van der Waals surface area contributed by atoms with Gasteiger partial charge >= 0.3 is 0 Å². The van der Waals surface area contributed by atoms with Crippen LogP contribution in [0.2, 0.25) is 0 Å². The van der Waals surface area contributed by atoms with E-state index in [2.05, 4.69) is 20.6 Å². The van der Waals surface area contributed by atoms with Crippen molar-refractivity contribution >= 4 is 11.7 Å². The molecule has 2 aromatic rings. The van der Waals surface area contributed by atoms with E-state index in [0.29, 0.717) is 13.1 Å². The minimum Gasteiger partial charge on any atom is -0.382 e. The monoisotopic (exact) mass is 232 g/mol. The molecule has 0 fully saturated rings. The minimum absolute atomic E-state index is 0.250. The van der Waals surface area contributed by atoms with Crippen LogP contribution in [0, 0.1) is 0 Å². The summed E-state index contributed by atoms with van der Waals surface area (Å²) in [7, 11) is 0. The van der Waals surface area contributed by atoms with Crippen molar-refractivity contribution in [3.63, 3.8) is 0 Å². The number of hydrogen-bond donors (Lipinski definition) is 2. The van der Waals surface area contributed by atoms with Gasteiger partial charge in [0.05, 0.1) is 6.54 Å². The lowest BCUT2D eigenvalue weighted by Crippen LogP contribution is -2.28. The van der Waals surface area contributed by atoms with Crippen LogP contribution in [0.3, 0.4) is 0 Å². The number of nitrogens with one attached hydrogen (secondary N) is 1. The summed E-state index contributed by atoms with van der Waals surface area (Å²) in [6.07, 6.45) is 3.52. The molecule has 0 aliphatic rings. The number of anilines is 1. The van der Waals surface area contributed by atoms with Crippen molar-refractivity contribution in [1.82, 2.24) is 25.3 Å². The molecule has 2 heterocycles. The predicted octanol–water partition coefficient (Wildman–Crippen LogP) is -0.315. The van der Waals surface area contributed by atoms with Gasteiger partial charge in [-0.2, -0.15) is 5.10 Å². The molecular weight excluding hydrogens is 220 g/mol. The number of aromatic nitrogens is 4. The quantitative estimate of drug-likeness (QED) is 0.753. The van der Waals surface area contributed by atoms with Crippen LogP contribution < -0.4 is 11.1 Å². The molecule has 2 aromatic heterocycles. The zero-order chi connectivity index (χ0) is 12.1. The Morgan fingerprint density at radius 1 is 1.41 bits per heavy atom. The second kappa shape index (κ2) is 5.06. The highest BCUT2D eigenvalue weighted by Crippen LogP contribution is 1.96. The SMILES string of the molecule is Nc1ccc(C(=O)NCCn2cccn2)nn1. The van der Waals surface area contributed by atoms with E-state index in [1.54, 1.807) is 10.9 Å². The summed E-state index contributed by atoms with van der Waals surface area (Å²) in [6, 6.07) is 4.90. The normalized spacial score (nSPS) is 10.1. The third-order valence-corrected chi connectivity index (χ3v) is 2.10. The maximum Gasteiger partial charge on any atom is 0.271 e. The Balaban J connectivity index is 1.83. The van der Waals surface area contributed by atoms with Crippen molar-refractivity contribution in [2.24, 2.45) is 0 Å². The van der Waals surface area contributed by atoms with Crippen LogP contribution in [0.1, 0.15) is 10.5 Å². The average Bonchev–Trinajstić information content (AvgIpc) is 2.83. The predicted molar refractivity (Wildman–Crippen MR) is 61.0 cm³/mol. The highest BCUT2D eigenvalue weighted by molar-refractivity contribution is 5.92. The lowest BCUT2D eigenvalue weighted by atomic mass is 10.3. The van der Waals surface area contributed by atoms with Gasteiger partial charge in [-0.1, -0.05) is 0 Å². The zero-order valence-corrected chi connectivity index (χ0v) is 9.08. The third-order valence-electron chi connectivity index (χ3n) is 2.10. The van der Waals surface area contributed by atoms with Gasteiger partial charge in [0.15, 0.2) is 5.69 Å². The molecular formula is C10H12N6O. The van der Waals surface area contributed by atoms with Gasteiger partial charge in [-0.15, -0.1) is 10.2 Å². The molecule has 1 amide bonds. The maximum atomic E-state index is 11.6. The van der Waals surface area contributed by atoms with E-state index in [1.807, 2.05) is 12.3 Å². The van der Waals surface area contributed by atoms with Gasteiger partial charge in [-0.3, -0.25) is 9.48 Å². The van der Waals surface area contributed by atoms with Crippen molar-refractivity contribution in [1.29, 1.82) is 0 Å². The molecule has 88 valence electrons. The number of nitrogens with two attached hydrogens (primary N) is 1. The molecule has 3 N–H and O–H groups in total. The lowest BCUT2D eigenvalue weighted by Gasteiger charge is -2.04. The first-order valence-corrected chi connectivity index (χ1v) is 5.10. The molecule has 0 spiro atoms. The summed E-state index contributed by atoms with van der Waals surface area (Å²) in [5, 5.41) is 14.0. The molecule has 7 nitrogen and oxygen atoms in total. The second-order valence-corrected chi connectivity index (χ2v) is 3.37. The van der Waals surface area contributed by atoms with Crippen LogP contribution in [-0.4, -0.2) is 32.4 Å². The van der Waals surface area contributed by atoms with Crippen molar-refractivity contribution < 1.29 is 4.79 Å². The number of nitrogens with zero attached hydrogens (tertiary/aromatic N) is 4. The van der Waals surface area contributed by atoms with Crippen molar-refractivity contribution in [2.75, 3.05) is 12.3 Å². The molecule has 0 atom stereocenters. The van der Waals surface area contributed by atoms with Crippen LogP contribution >= 0.6 is 0 Å². The van der Waals surface area contributed by atoms with Crippen LogP contribution in [0.25, 0.3) is 0 Å². The first-order valence-electron chi connectivity index (χ1n) is 5.10. The smallest absolute Gasteiger partial charge is 0.271 e. The Morgan fingerprint density at radius 2 is 2.29 bits per heavy atom. The third kappa shape index (κ3) is 3.00. The summed E-state index contributed by atoms with van der Waals surface area (Å²) >= 11 is 0. The molecule has 0 aliphatic carbocycles. The van der Waals surface area contributed by atoms with E-state index in [1.165, 1.54) is 12.1 Å². The molecule has 0 aliphatic heterocycles. The number of amides is 1. The highest BCUT2D eigenvalue weighted by Gasteiger charge is 2.06. The molecule has 2 rings (SSSR count). The standard InChI is InChI=1S/C10H12N6O/c11-9-3-2-8(14-15-9)10(17)12-5-7-16-6-1-4-13-16/h1-4,6H,5,7H2,(H2,11,15)(H,12,17). The molecule has 0 radical (unpaired) electrons. The van der Waals surface area contributed by atoms with Crippen LogP contribution in [0.15, 0.2) is 30.6 Å². The van der Waals surface area contributed by atoms with Gasteiger partial charge in [0.2, 0.25) is 0 Å². The molecule has 0 saturated heterocycles. The summed E-state index contributed by atoms with van der Waals surface area (Å²) in [5.41, 5.74) is 5.62. The highest BCUT2D eigenvalue weighted by atomic mass is 16.1. The van der Waals surface area contributed by atoms with Crippen molar-refractivity contribution in [2.45, 2.75) is 6.54 Å². The van der Waals surface area contributed by atoms with Gasteiger partial charge in [0.25, 0.3) is 5.91 Å². The lowest BCUT2D eigenvalue weighted by molar-refractivity contribution is 0.0946. The van der Waals surface area contributed by atoms with E-state index in [4.69, 9.17) is 5.73 Å². The zero-order valence-electron chi connectivity index (χ0n) is 9.08. The number of carbonyl (C=O) groups is 1. The van der Waals surface area contributed by atoms with Crippen molar-refractivity contribution in [3.8, 4) is 0 Å². The van der Waals surface area contributed by atoms with Crippen molar-refractivity contribution in [3.05, 3.63) is 36.3 Å². The number of hydrogen-bond acceptors (Lipinski definition) is 5. The fourth-order valence-electron chi connectivity index (χ4n) is 1.27. The van der Waals surface area contributed by atoms with Gasteiger partial charge < -0.3 is 11.1 Å². The van der Waals surface area contributed by atoms with E-state index in [0.717, 1.165) is 0 Å². The fourth-order valence-corrected chi connectivity index (χ4v) is 1.27. The molecule has 0 bridgehead atoms. The number of rotatable bonds is 4. The Bertz CT molecular complexity index is 478. The van der Waals surface area contributed by atoms with Crippen LogP contribution in [0.5, 0.6) is 0 Å². The van der Waals surface area contributed by atoms with E-state index < -0.39 is 0 Å². The topological polar surface area (TPSA) is 98.7 Å². The molecule has 17 heavy (non-hydrogen) atoms. The maximum absolute atomic E-state index is 11.6. The van der Waals surface area contributed by atoms with Gasteiger partial charge in [-0.05, 0) is 18.2 Å². The summed E-state index contributed by atoms with van der Waals surface area (Å²) in [6.45, 7) is 1.09. The molecule has 0 saturated carbocycles. The number of carbonyl (C=O) groups excluding carboxylic acids is 1. The van der Waals surface area contributed by atoms with Crippen LogP contribution in [0.4, 0.5) is 5.82 Å². The molecule has 0 aromatic carbocycles. The van der Waals surface area contributed by atoms with Gasteiger partial charge in [0, 0.05) is 18.9 Å². The largest absolute Gasteiger partial charge is 0.382 e.